The summed E-state index contributed by atoms with van der Waals surface area (Å²) >= 11 is 0. The van der Waals surface area contributed by atoms with Crippen LogP contribution < -0.4 is 10.5 Å². The van der Waals surface area contributed by atoms with Gasteiger partial charge in [-0.2, -0.15) is 0 Å². The highest BCUT2D eigenvalue weighted by Crippen LogP contribution is 2.29. The molecule has 0 bridgehead atoms. The van der Waals surface area contributed by atoms with E-state index in [-0.39, 0.29) is 18.2 Å². The van der Waals surface area contributed by atoms with Crippen molar-refractivity contribution in [2.45, 2.75) is 51.4 Å². The average Bonchev–Trinajstić information content (AvgIpc) is 2.39. The molecule has 1 aromatic rings. The van der Waals surface area contributed by atoms with Gasteiger partial charge in [-0.25, -0.2) is 0 Å². The zero-order valence-electron chi connectivity index (χ0n) is 11.3. The van der Waals surface area contributed by atoms with Gasteiger partial charge in [0, 0.05) is 19.1 Å². The first kappa shape index (κ1) is 13.4. The summed E-state index contributed by atoms with van der Waals surface area (Å²) in [5.74, 6) is 0.974. The molecule has 0 heterocycles. The van der Waals surface area contributed by atoms with Crippen LogP contribution in [0.3, 0.4) is 0 Å². The van der Waals surface area contributed by atoms with Crippen molar-refractivity contribution >= 4 is 0 Å². The predicted molar refractivity (Wildman–Crippen MR) is 72.9 cm³/mol. The summed E-state index contributed by atoms with van der Waals surface area (Å²) in [5, 5.41) is 0. The molecule has 18 heavy (non-hydrogen) atoms. The van der Waals surface area contributed by atoms with Gasteiger partial charge < -0.3 is 15.2 Å². The summed E-state index contributed by atoms with van der Waals surface area (Å²) in [4.78, 5) is 0. The van der Waals surface area contributed by atoms with E-state index >= 15 is 0 Å². The molecule has 3 heteroatoms. The molecule has 1 aromatic carbocycles. The molecular weight excluding hydrogens is 226 g/mol. The van der Waals surface area contributed by atoms with E-state index in [1.54, 1.807) is 0 Å². The molecular formula is C15H23NO2. The lowest BCUT2D eigenvalue weighted by Gasteiger charge is -2.42. The molecule has 0 aromatic heterocycles. The minimum atomic E-state index is 0.0508. The van der Waals surface area contributed by atoms with Crippen LogP contribution in [-0.2, 0) is 11.2 Å². The topological polar surface area (TPSA) is 44.5 Å². The second kappa shape index (κ2) is 6.21. The minimum absolute atomic E-state index is 0.0508. The van der Waals surface area contributed by atoms with E-state index in [4.69, 9.17) is 15.2 Å². The van der Waals surface area contributed by atoms with Crippen molar-refractivity contribution in [3.8, 4) is 5.75 Å². The molecule has 100 valence electrons. The van der Waals surface area contributed by atoms with E-state index < -0.39 is 0 Å². The second-order valence-electron chi connectivity index (χ2n) is 4.85. The zero-order valence-corrected chi connectivity index (χ0v) is 11.3. The molecule has 3 atom stereocenters. The van der Waals surface area contributed by atoms with Crippen molar-refractivity contribution in [1.29, 1.82) is 0 Å². The Morgan fingerprint density at radius 1 is 1.28 bits per heavy atom. The summed E-state index contributed by atoms with van der Waals surface area (Å²) in [7, 11) is 0. The van der Waals surface area contributed by atoms with Crippen LogP contribution in [0.4, 0.5) is 0 Å². The van der Waals surface area contributed by atoms with Gasteiger partial charge in [0.05, 0.1) is 0 Å². The lowest BCUT2D eigenvalue weighted by molar-refractivity contribution is -0.0982. The van der Waals surface area contributed by atoms with Gasteiger partial charge in [0.1, 0.15) is 18.0 Å². The lowest BCUT2D eigenvalue weighted by atomic mass is 9.86. The Bertz CT molecular complexity index is 381. The largest absolute Gasteiger partial charge is 0.487 e. The lowest BCUT2D eigenvalue weighted by Crippen LogP contribution is -2.59. The van der Waals surface area contributed by atoms with Crippen LogP contribution >= 0.6 is 0 Å². The van der Waals surface area contributed by atoms with Crippen molar-refractivity contribution in [3.63, 3.8) is 0 Å². The van der Waals surface area contributed by atoms with Crippen LogP contribution in [0.2, 0.25) is 0 Å². The van der Waals surface area contributed by atoms with E-state index in [2.05, 4.69) is 19.9 Å². The van der Waals surface area contributed by atoms with Gasteiger partial charge in [-0.05, 0) is 24.5 Å². The smallest absolute Gasteiger partial charge is 0.128 e. The SMILES string of the molecule is CCCOC1C(N)CC1Oc1ccccc1CC. The third-order valence-corrected chi connectivity index (χ3v) is 3.44. The molecule has 0 amide bonds. The summed E-state index contributed by atoms with van der Waals surface area (Å²) in [6, 6.07) is 8.31. The maximum absolute atomic E-state index is 6.05. The summed E-state index contributed by atoms with van der Waals surface area (Å²) in [5.41, 5.74) is 7.22. The Morgan fingerprint density at radius 3 is 2.72 bits per heavy atom. The van der Waals surface area contributed by atoms with Crippen molar-refractivity contribution in [2.24, 2.45) is 5.73 Å². The van der Waals surface area contributed by atoms with Gasteiger partial charge in [-0.1, -0.05) is 32.0 Å². The number of nitrogens with two attached hydrogens (primary N) is 1. The second-order valence-corrected chi connectivity index (χ2v) is 4.85. The van der Waals surface area contributed by atoms with Gasteiger partial charge in [-0.3, -0.25) is 0 Å². The van der Waals surface area contributed by atoms with Crippen LogP contribution in [0.15, 0.2) is 24.3 Å². The summed E-state index contributed by atoms with van der Waals surface area (Å²) < 4.78 is 11.8. The maximum Gasteiger partial charge on any atom is 0.128 e. The number of hydrogen-bond donors (Lipinski definition) is 1. The number of aryl methyl sites for hydroxylation is 1. The predicted octanol–water partition coefficient (Wildman–Crippen LogP) is 2.52. The zero-order chi connectivity index (χ0) is 13.0. The third-order valence-electron chi connectivity index (χ3n) is 3.44. The number of ether oxygens (including phenoxy) is 2. The number of hydrogen-bond acceptors (Lipinski definition) is 3. The third kappa shape index (κ3) is 2.85. The van der Waals surface area contributed by atoms with Gasteiger partial charge in [-0.15, -0.1) is 0 Å². The van der Waals surface area contributed by atoms with Crippen LogP contribution in [0.5, 0.6) is 5.75 Å². The van der Waals surface area contributed by atoms with Gasteiger partial charge in [0.15, 0.2) is 0 Å². The van der Waals surface area contributed by atoms with E-state index in [0.29, 0.717) is 0 Å². The molecule has 2 N–H and O–H groups in total. The summed E-state index contributed by atoms with van der Waals surface area (Å²) in [6.07, 6.45) is 3.04. The fourth-order valence-corrected chi connectivity index (χ4v) is 2.29. The van der Waals surface area contributed by atoms with Gasteiger partial charge in [0.25, 0.3) is 0 Å². The number of para-hydroxylation sites is 1. The first-order chi connectivity index (χ1) is 8.76. The minimum Gasteiger partial charge on any atom is -0.487 e. The highest BCUT2D eigenvalue weighted by Gasteiger charge is 2.41. The van der Waals surface area contributed by atoms with Crippen LogP contribution in [0, 0.1) is 0 Å². The molecule has 0 spiro atoms. The first-order valence-electron chi connectivity index (χ1n) is 6.88. The maximum atomic E-state index is 6.05. The van der Waals surface area contributed by atoms with Crippen molar-refractivity contribution in [3.05, 3.63) is 29.8 Å². The van der Waals surface area contributed by atoms with Gasteiger partial charge >= 0.3 is 0 Å². The van der Waals surface area contributed by atoms with E-state index in [1.807, 2.05) is 18.2 Å². The van der Waals surface area contributed by atoms with Crippen LogP contribution in [0.25, 0.3) is 0 Å². The fraction of sp³-hybridized carbons (Fsp3) is 0.600. The standard InChI is InChI=1S/C15H23NO2/c1-3-9-17-15-12(16)10-14(15)18-13-8-6-5-7-11(13)4-2/h5-8,12,14-15H,3-4,9-10,16H2,1-2H3. The number of rotatable bonds is 6. The molecule has 0 aliphatic heterocycles. The van der Waals surface area contributed by atoms with E-state index in [0.717, 1.165) is 31.6 Å². The Kier molecular flexibility index (Phi) is 4.61. The fourth-order valence-electron chi connectivity index (χ4n) is 2.29. The van der Waals surface area contributed by atoms with Crippen LogP contribution in [0.1, 0.15) is 32.3 Å². The molecule has 1 fully saturated rings. The van der Waals surface area contributed by atoms with Crippen molar-refractivity contribution in [1.82, 2.24) is 0 Å². The monoisotopic (exact) mass is 249 g/mol. The van der Waals surface area contributed by atoms with Crippen LogP contribution in [-0.4, -0.2) is 24.9 Å². The Labute approximate surface area is 109 Å². The highest BCUT2D eigenvalue weighted by atomic mass is 16.5. The normalized spacial score (nSPS) is 26.7. The quantitative estimate of drug-likeness (QED) is 0.842. The summed E-state index contributed by atoms with van der Waals surface area (Å²) in [6.45, 7) is 5.00. The molecule has 3 unspecified atom stereocenters. The average molecular weight is 249 g/mol. The molecule has 1 aliphatic carbocycles. The van der Waals surface area contributed by atoms with Gasteiger partial charge in [0.2, 0.25) is 0 Å². The van der Waals surface area contributed by atoms with E-state index in [9.17, 15) is 0 Å². The molecule has 0 saturated heterocycles. The highest BCUT2D eigenvalue weighted by molar-refractivity contribution is 5.33. The van der Waals surface area contributed by atoms with Crippen molar-refractivity contribution < 1.29 is 9.47 Å². The Hall–Kier alpha value is -1.06. The van der Waals surface area contributed by atoms with Crippen molar-refractivity contribution in [2.75, 3.05) is 6.61 Å². The molecule has 1 saturated carbocycles. The molecule has 1 aliphatic rings. The Morgan fingerprint density at radius 2 is 2.06 bits per heavy atom. The number of benzene rings is 1. The van der Waals surface area contributed by atoms with E-state index in [1.165, 1.54) is 5.56 Å². The molecule has 0 radical (unpaired) electrons. The molecule has 3 nitrogen and oxygen atoms in total. The Balaban J connectivity index is 1.96. The molecule has 2 rings (SSSR count). The first-order valence-corrected chi connectivity index (χ1v) is 6.88.